The molecule has 1 heterocycles. The van der Waals surface area contributed by atoms with Crippen molar-refractivity contribution in [1.82, 2.24) is 0 Å². The van der Waals surface area contributed by atoms with Gasteiger partial charge in [0.15, 0.2) is 9.84 Å². The van der Waals surface area contributed by atoms with Gasteiger partial charge in [0, 0.05) is 11.8 Å². The summed E-state index contributed by atoms with van der Waals surface area (Å²) >= 11 is 0. The second kappa shape index (κ2) is 1.51. The minimum absolute atomic E-state index is 0.0521. The van der Waals surface area contributed by atoms with Gasteiger partial charge in [0.2, 0.25) is 0 Å². The lowest BCUT2D eigenvalue weighted by molar-refractivity contribution is -0.126. The standard InChI is InChI=1S/C10H10O3S/c11-8-6-2-1-3-5-4(2)7(8)10(5)14(12,13)9(3)6/h2-7,9-10H,1H2/t2-,3+,4+,5-,6-,7+,9+,10+/m0/s1. The zero-order valence-electron chi connectivity index (χ0n) is 7.46. The number of ketones is 1. The maximum Gasteiger partial charge on any atom is 0.158 e. The fraction of sp³-hybridized carbons (Fsp3) is 0.900. The summed E-state index contributed by atoms with van der Waals surface area (Å²) in [5.41, 5.74) is 0. The average Bonchev–Trinajstić information content (AvgIpc) is 2.52. The molecular formula is C10H10O3S. The molecule has 1 aliphatic heterocycles. The largest absolute Gasteiger partial charge is 0.299 e. The van der Waals surface area contributed by atoms with Gasteiger partial charge in [0.25, 0.3) is 0 Å². The van der Waals surface area contributed by atoms with E-state index in [1.165, 1.54) is 0 Å². The van der Waals surface area contributed by atoms with Crippen LogP contribution in [0, 0.1) is 35.5 Å². The van der Waals surface area contributed by atoms with Crippen LogP contribution in [0.2, 0.25) is 0 Å². The van der Waals surface area contributed by atoms with E-state index in [-0.39, 0.29) is 22.3 Å². The molecule has 5 aliphatic rings. The van der Waals surface area contributed by atoms with Gasteiger partial charge in [-0.25, -0.2) is 8.42 Å². The first-order valence-corrected chi connectivity index (χ1v) is 7.01. The van der Waals surface area contributed by atoms with Crippen molar-refractivity contribution in [2.24, 2.45) is 35.5 Å². The molecule has 4 saturated carbocycles. The number of carbonyl (C=O) groups is 1. The number of hydrogen-bond donors (Lipinski definition) is 0. The first kappa shape index (κ1) is 6.99. The van der Waals surface area contributed by atoms with Gasteiger partial charge in [0.1, 0.15) is 5.78 Å². The maximum absolute atomic E-state index is 12.1. The van der Waals surface area contributed by atoms with E-state index < -0.39 is 9.84 Å². The van der Waals surface area contributed by atoms with E-state index in [1.54, 1.807) is 0 Å². The Morgan fingerprint density at radius 3 is 2.57 bits per heavy atom. The van der Waals surface area contributed by atoms with Crippen molar-refractivity contribution < 1.29 is 13.2 Å². The Balaban J connectivity index is 1.95. The molecule has 74 valence electrons. The molecule has 5 fully saturated rings. The smallest absolute Gasteiger partial charge is 0.158 e. The Kier molecular flexibility index (Phi) is 0.752. The second-order valence-electron chi connectivity index (χ2n) is 5.69. The van der Waals surface area contributed by atoms with Gasteiger partial charge >= 0.3 is 0 Å². The first-order chi connectivity index (χ1) is 6.64. The Bertz CT molecular complexity index is 493. The highest BCUT2D eigenvalue weighted by molar-refractivity contribution is 7.93. The highest BCUT2D eigenvalue weighted by Gasteiger charge is 2.86. The number of rotatable bonds is 0. The maximum atomic E-state index is 12.1. The van der Waals surface area contributed by atoms with Crippen molar-refractivity contribution in [1.29, 1.82) is 0 Å². The molecule has 0 aromatic heterocycles. The minimum atomic E-state index is -2.90. The predicted octanol–water partition coefficient (Wildman–Crippen LogP) is -0.137. The van der Waals surface area contributed by atoms with Crippen LogP contribution >= 0.6 is 0 Å². The number of carbonyl (C=O) groups excluding carboxylic acids is 1. The predicted molar refractivity (Wildman–Crippen MR) is 47.1 cm³/mol. The molecule has 5 rings (SSSR count). The van der Waals surface area contributed by atoms with Crippen LogP contribution in [0.15, 0.2) is 0 Å². The summed E-state index contributed by atoms with van der Waals surface area (Å²) in [6.45, 7) is 0. The number of Topliss-reactive ketones (excluding diaryl/α,β-unsaturated/α-hetero) is 1. The van der Waals surface area contributed by atoms with E-state index in [9.17, 15) is 13.2 Å². The topological polar surface area (TPSA) is 51.2 Å². The van der Waals surface area contributed by atoms with Gasteiger partial charge in [-0.15, -0.1) is 0 Å². The quantitative estimate of drug-likeness (QED) is 0.559. The molecule has 4 aliphatic carbocycles. The number of hydrogen-bond acceptors (Lipinski definition) is 3. The Morgan fingerprint density at radius 2 is 1.79 bits per heavy atom. The third-order valence-corrected chi connectivity index (χ3v) is 8.55. The molecule has 0 amide bonds. The Morgan fingerprint density at radius 1 is 1.00 bits per heavy atom. The van der Waals surface area contributed by atoms with Crippen molar-refractivity contribution in [2.45, 2.75) is 16.9 Å². The summed E-state index contributed by atoms with van der Waals surface area (Å²) in [6, 6.07) is 0. The summed E-state index contributed by atoms with van der Waals surface area (Å²) < 4.78 is 24.2. The molecule has 1 saturated heterocycles. The molecule has 4 heteroatoms. The zero-order chi connectivity index (χ0) is 9.40. The van der Waals surface area contributed by atoms with Gasteiger partial charge in [-0.3, -0.25) is 4.79 Å². The number of fused-ring (bicyclic) bond motifs is 2. The van der Waals surface area contributed by atoms with E-state index >= 15 is 0 Å². The Hall–Kier alpha value is -0.380. The van der Waals surface area contributed by atoms with Gasteiger partial charge in [-0.05, 0) is 30.1 Å². The molecular weight excluding hydrogens is 200 g/mol. The molecule has 8 atom stereocenters. The van der Waals surface area contributed by atoms with Crippen molar-refractivity contribution in [3.05, 3.63) is 0 Å². The van der Waals surface area contributed by atoms with Crippen LogP contribution in [0.25, 0.3) is 0 Å². The molecule has 3 nitrogen and oxygen atoms in total. The average molecular weight is 210 g/mol. The second-order valence-corrected chi connectivity index (χ2v) is 7.96. The molecule has 0 radical (unpaired) electrons. The molecule has 0 aromatic rings. The highest BCUT2D eigenvalue weighted by Crippen LogP contribution is 2.78. The summed E-state index contributed by atoms with van der Waals surface area (Å²) in [4.78, 5) is 11.9. The van der Waals surface area contributed by atoms with E-state index in [0.29, 0.717) is 29.5 Å². The zero-order valence-corrected chi connectivity index (χ0v) is 8.28. The van der Waals surface area contributed by atoms with Crippen molar-refractivity contribution in [2.75, 3.05) is 0 Å². The molecule has 0 unspecified atom stereocenters. The third-order valence-electron chi connectivity index (χ3n) is 5.78. The summed E-state index contributed by atoms with van der Waals surface area (Å²) in [5, 5.41) is -0.455. The lowest BCUT2D eigenvalue weighted by atomic mass is 9.64. The van der Waals surface area contributed by atoms with E-state index in [0.717, 1.165) is 6.42 Å². The van der Waals surface area contributed by atoms with Crippen LogP contribution in [-0.4, -0.2) is 24.7 Å². The molecule has 0 aromatic carbocycles. The van der Waals surface area contributed by atoms with Crippen molar-refractivity contribution >= 4 is 15.6 Å². The Labute approximate surface area is 81.8 Å². The van der Waals surface area contributed by atoms with E-state index in [1.807, 2.05) is 0 Å². The summed E-state index contributed by atoms with van der Waals surface area (Å²) in [6.07, 6.45) is 1.04. The minimum Gasteiger partial charge on any atom is -0.299 e. The highest BCUT2D eigenvalue weighted by atomic mass is 32.2. The van der Waals surface area contributed by atoms with Crippen molar-refractivity contribution in [3.8, 4) is 0 Å². The SMILES string of the molecule is O=C1[C@@H]2[C@H]3C[C@@H]4[C@H]5[C@@H]3[C@H]1[C@@H]5S(=O)(=O)[C@H]42. The third kappa shape index (κ3) is 0.369. The van der Waals surface area contributed by atoms with Crippen molar-refractivity contribution in [3.63, 3.8) is 0 Å². The van der Waals surface area contributed by atoms with Gasteiger partial charge in [-0.2, -0.15) is 0 Å². The fourth-order valence-corrected chi connectivity index (χ4v) is 9.16. The molecule has 2 bridgehead atoms. The van der Waals surface area contributed by atoms with E-state index in [4.69, 9.17) is 0 Å². The monoisotopic (exact) mass is 210 g/mol. The molecule has 14 heavy (non-hydrogen) atoms. The normalized spacial score (nSPS) is 73.3. The van der Waals surface area contributed by atoms with Crippen LogP contribution in [0.5, 0.6) is 0 Å². The lowest BCUT2D eigenvalue weighted by Gasteiger charge is -2.42. The van der Waals surface area contributed by atoms with Crippen LogP contribution < -0.4 is 0 Å². The van der Waals surface area contributed by atoms with Gasteiger partial charge in [-0.1, -0.05) is 0 Å². The van der Waals surface area contributed by atoms with Crippen LogP contribution in [0.4, 0.5) is 0 Å². The van der Waals surface area contributed by atoms with Crippen LogP contribution in [0.1, 0.15) is 6.42 Å². The number of sulfone groups is 1. The fourth-order valence-electron chi connectivity index (χ4n) is 5.73. The van der Waals surface area contributed by atoms with Crippen LogP contribution in [-0.2, 0) is 14.6 Å². The van der Waals surface area contributed by atoms with Gasteiger partial charge < -0.3 is 0 Å². The molecule has 0 spiro atoms. The van der Waals surface area contributed by atoms with Gasteiger partial charge in [0.05, 0.1) is 10.5 Å². The van der Waals surface area contributed by atoms with E-state index in [2.05, 4.69) is 0 Å². The lowest BCUT2D eigenvalue weighted by Crippen LogP contribution is -2.52. The molecule has 0 N–H and O–H groups in total. The van der Waals surface area contributed by atoms with Crippen LogP contribution in [0.3, 0.4) is 0 Å². The first-order valence-electron chi connectivity index (χ1n) is 5.40. The summed E-state index contributed by atoms with van der Waals surface area (Å²) in [7, 11) is -2.90. The summed E-state index contributed by atoms with van der Waals surface area (Å²) in [5.74, 6) is 1.97.